The van der Waals surface area contributed by atoms with E-state index >= 15 is 0 Å². The van der Waals surface area contributed by atoms with Crippen LogP contribution in [-0.4, -0.2) is 48.2 Å². The molecule has 5 heteroatoms. The van der Waals surface area contributed by atoms with Gasteiger partial charge >= 0.3 is 0 Å². The van der Waals surface area contributed by atoms with E-state index in [0.717, 1.165) is 29.2 Å². The zero-order valence-electron chi connectivity index (χ0n) is 16.1. The molecule has 0 spiro atoms. The van der Waals surface area contributed by atoms with Gasteiger partial charge in [-0.25, -0.2) is 0 Å². The second-order valence-corrected chi connectivity index (χ2v) is 8.24. The van der Waals surface area contributed by atoms with E-state index in [0.29, 0.717) is 19.4 Å². The highest BCUT2D eigenvalue weighted by Gasteiger charge is 2.33. The second kappa shape index (κ2) is 8.52. The molecule has 1 heterocycles. The molecular weight excluding hydrogens is 336 g/mol. The van der Waals surface area contributed by atoms with Crippen LogP contribution in [0, 0.1) is 6.92 Å². The molecule has 1 fully saturated rings. The molecule has 0 aromatic heterocycles. The maximum absolute atomic E-state index is 12.2. The molecule has 0 saturated carbocycles. The van der Waals surface area contributed by atoms with Gasteiger partial charge in [0.15, 0.2) is 0 Å². The van der Waals surface area contributed by atoms with Crippen LogP contribution in [0.4, 0.5) is 0 Å². The van der Waals surface area contributed by atoms with Crippen LogP contribution in [0.5, 0.6) is 0 Å². The molecule has 1 aromatic carbocycles. The third-order valence-electron chi connectivity index (χ3n) is 4.87. The first-order chi connectivity index (χ1) is 11.7. The summed E-state index contributed by atoms with van der Waals surface area (Å²) in [6.07, 6.45) is 1.64. The maximum Gasteiger partial charge on any atom is 0.220 e. The Labute approximate surface area is 156 Å². The third-order valence-corrected chi connectivity index (χ3v) is 5.28. The minimum Gasteiger partial charge on any atom is -0.373 e. The normalized spacial score (nSPS) is 22.0. The van der Waals surface area contributed by atoms with E-state index in [4.69, 9.17) is 16.3 Å². The van der Waals surface area contributed by atoms with E-state index in [9.17, 15) is 4.79 Å². The Hall–Kier alpha value is -1.10. The van der Waals surface area contributed by atoms with Crippen molar-refractivity contribution in [1.29, 1.82) is 0 Å². The monoisotopic (exact) mass is 366 g/mol. The van der Waals surface area contributed by atoms with Crippen LogP contribution in [0.15, 0.2) is 18.2 Å². The van der Waals surface area contributed by atoms with Crippen molar-refractivity contribution in [2.75, 3.05) is 19.6 Å². The number of halogens is 1. The fourth-order valence-corrected chi connectivity index (χ4v) is 3.44. The van der Waals surface area contributed by atoms with Crippen LogP contribution in [0.1, 0.15) is 45.2 Å². The largest absolute Gasteiger partial charge is 0.373 e. The van der Waals surface area contributed by atoms with Crippen LogP contribution in [-0.2, 0) is 16.0 Å². The van der Waals surface area contributed by atoms with Crippen molar-refractivity contribution in [3.8, 4) is 0 Å². The quantitative estimate of drug-likeness (QED) is 0.836. The minimum absolute atomic E-state index is 0.0825. The summed E-state index contributed by atoms with van der Waals surface area (Å²) in [5.74, 6) is 0.0825. The smallest absolute Gasteiger partial charge is 0.220 e. The van der Waals surface area contributed by atoms with Crippen molar-refractivity contribution in [3.63, 3.8) is 0 Å². The summed E-state index contributed by atoms with van der Waals surface area (Å²) in [5, 5.41) is 3.85. The molecule has 2 atom stereocenters. The second-order valence-electron chi connectivity index (χ2n) is 7.84. The lowest BCUT2D eigenvalue weighted by Gasteiger charge is -2.45. The van der Waals surface area contributed by atoms with Crippen LogP contribution >= 0.6 is 11.6 Å². The molecule has 0 bridgehead atoms. The summed E-state index contributed by atoms with van der Waals surface area (Å²) >= 11 is 6.14. The van der Waals surface area contributed by atoms with Gasteiger partial charge in [-0.15, -0.1) is 0 Å². The molecule has 0 radical (unpaired) electrons. The molecule has 1 amide bonds. The van der Waals surface area contributed by atoms with Crippen LogP contribution in [0.2, 0.25) is 5.02 Å². The van der Waals surface area contributed by atoms with E-state index in [2.05, 4.69) is 37.9 Å². The van der Waals surface area contributed by atoms with Gasteiger partial charge in [0.05, 0.1) is 12.2 Å². The van der Waals surface area contributed by atoms with Gasteiger partial charge in [0.1, 0.15) is 0 Å². The number of hydrogen-bond acceptors (Lipinski definition) is 3. The summed E-state index contributed by atoms with van der Waals surface area (Å²) in [6.45, 7) is 13.0. The SMILES string of the molecule is Cc1ccc(CCC(=O)NCC(C)(C)N2CC(C)OC(C)C2)cc1Cl. The van der Waals surface area contributed by atoms with E-state index < -0.39 is 0 Å². The Kier molecular flexibility index (Phi) is 6.89. The van der Waals surface area contributed by atoms with Crippen LogP contribution in [0.25, 0.3) is 0 Å². The first-order valence-electron chi connectivity index (χ1n) is 9.09. The standard InChI is InChI=1S/C20H31ClN2O2/c1-14-6-7-17(10-18(14)21)8-9-19(24)22-13-20(4,5)23-11-15(2)25-16(3)12-23/h6-7,10,15-16H,8-9,11-13H2,1-5H3,(H,22,24). The molecular formula is C20H31ClN2O2. The number of morpholine rings is 1. The van der Waals surface area contributed by atoms with E-state index in [1.54, 1.807) is 0 Å². The fourth-order valence-electron chi connectivity index (χ4n) is 3.24. The Morgan fingerprint density at radius 2 is 1.96 bits per heavy atom. The number of nitrogens with zero attached hydrogens (tertiary/aromatic N) is 1. The van der Waals surface area contributed by atoms with E-state index in [1.807, 2.05) is 25.1 Å². The number of amides is 1. The van der Waals surface area contributed by atoms with Gasteiger partial charge in [-0.05, 0) is 58.2 Å². The highest BCUT2D eigenvalue weighted by Crippen LogP contribution is 2.21. The number of carbonyl (C=O) groups is 1. The van der Waals surface area contributed by atoms with Crippen molar-refractivity contribution in [2.45, 2.75) is 65.2 Å². The van der Waals surface area contributed by atoms with Gasteiger partial charge in [-0.1, -0.05) is 23.7 Å². The molecule has 2 unspecified atom stereocenters. The van der Waals surface area contributed by atoms with Crippen molar-refractivity contribution in [1.82, 2.24) is 10.2 Å². The predicted molar refractivity (Wildman–Crippen MR) is 103 cm³/mol. The van der Waals surface area contributed by atoms with Gasteiger partial charge in [0, 0.05) is 36.6 Å². The minimum atomic E-state index is -0.0882. The Morgan fingerprint density at radius 1 is 1.32 bits per heavy atom. The highest BCUT2D eigenvalue weighted by atomic mass is 35.5. The summed E-state index contributed by atoms with van der Waals surface area (Å²) in [4.78, 5) is 14.6. The van der Waals surface area contributed by atoms with Crippen molar-refractivity contribution >= 4 is 17.5 Å². The summed E-state index contributed by atoms with van der Waals surface area (Å²) in [6, 6.07) is 5.99. The molecule has 2 rings (SSSR count). The highest BCUT2D eigenvalue weighted by molar-refractivity contribution is 6.31. The lowest BCUT2D eigenvalue weighted by atomic mass is 10.00. The lowest BCUT2D eigenvalue weighted by Crippen LogP contribution is -2.58. The number of hydrogen-bond donors (Lipinski definition) is 1. The molecule has 1 saturated heterocycles. The van der Waals surface area contributed by atoms with Crippen molar-refractivity contribution < 1.29 is 9.53 Å². The van der Waals surface area contributed by atoms with Crippen molar-refractivity contribution in [2.24, 2.45) is 0 Å². The average molecular weight is 367 g/mol. The predicted octanol–water partition coefficient (Wildman–Crippen LogP) is 3.59. The summed E-state index contributed by atoms with van der Waals surface area (Å²) in [5.41, 5.74) is 2.07. The first kappa shape index (κ1) is 20.2. The van der Waals surface area contributed by atoms with Gasteiger partial charge in [0.25, 0.3) is 0 Å². The Bertz CT molecular complexity index is 593. The molecule has 0 aliphatic carbocycles. The summed E-state index contributed by atoms with van der Waals surface area (Å²) in [7, 11) is 0. The summed E-state index contributed by atoms with van der Waals surface area (Å²) < 4.78 is 5.80. The van der Waals surface area contributed by atoms with Gasteiger partial charge in [0.2, 0.25) is 5.91 Å². The van der Waals surface area contributed by atoms with Crippen LogP contribution < -0.4 is 5.32 Å². The zero-order valence-corrected chi connectivity index (χ0v) is 16.8. The van der Waals surface area contributed by atoms with Gasteiger partial charge in [-0.3, -0.25) is 9.69 Å². The molecule has 1 aliphatic rings. The topological polar surface area (TPSA) is 41.6 Å². The van der Waals surface area contributed by atoms with Crippen molar-refractivity contribution in [3.05, 3.63) is 34.3 Å². The third kappa shape index (κ3) is 5.98. The number of carbonyl (C=O) groups excluding carboxylic acids is 1. The average Bonchev–Trinajstić information content (AvgIpc) is 2.53. The molecule has 140 valence electrons. The number of rotatable bonds is 6. The first-order valence-corrected chi connectivity index (χ1v) is 9.47. The maximum atomic E-state index is 12.2. The molecule has 4 nitrogen and oxygen atoms in total. The Morgan fingerprint density at radius 3 is 2.56 bits per heavy atom. The molecule has 25 heavy (non-hydrogen) atoms. The number of aryl methyl sites for hydroxylation is 2. The molecule has 1 aromatic rings. The van der Waals surface area contributed by atoms with Gasteiger partial charge < -0.3 is 10.1 Å². The Balaban J connectivity index is 1.81. The molecule has 1 N–H and O–H groups in total. The number of benzene rings is 1. The van der Waals surface area contributed by atoms with E-state index in [1.165, 1.54) is 0 Å². The van der Waals surface area contributed by atoms with E-state index in [-0.39, 0.29) is 23.7 Å². The van der Waals surface area contributed by atoms with Crippen LogP contribution in [0.3, 0.4) is 0 Å². The fraction of sp³-hybridized carbons (Fsp3) is 0.650. The zero-order chi connectivity index (χ0) is 18.6. The molecule has 1 aliphatic heterocycles. The lowest BCUT2D eigenvalue weighted by molar-refractivity contribution is -0.122. The van der Waals surface area contributed by atoms with Gasteiger partial charge in [-0.2, -0.15) is 0 Å². The number of ether oxygens (including phenoxy) is 1. The number of nitrogens with one attached hydrogen (secondary N) is 1.